The van der Waals surface area contributed by atoms with Crippen LogP contribution >= 0.6 is 0 Å². The molecular weight excluding hydrogens is 236 g/mol. The second kappa shape index (κ2) is 4.30. The normalized spacial score (nSPS) is 13.8. The molecule has 0 saturated carbocycles. The first-order valence-electron chi connectivity index (χ1n) is 6.58. The number of hydrogen-bond acceptors (Lipinski definition) is 4. The Morgan fingerprint density at radius 2 is 1.79 bits per heavy atom. The highest BCUT2D eigenvalue weighted by atomic mass is 15.2. The van der Waals surface area contributed by atoms with Crippen molar-refractivity contribution in [3.8, 4) is 11.4 Å². The second-order valence-corrected chi connectivity index (χ2v) is 5.22. The molecule has 0 saturated heterocycles. The average Bonchev–Trinajstić information content (AvgIpc) is 2.76. The van der Waals surface area contributed by atoms with E-state index in [0.29, 0.717) is 0 Å². The lowest BCUT2D eigenvalue weighted by atomic mass is 10.1. The van der Waals surface area contributed by atoms with Gasteiger partial charge in [0.25, 0.3) is 0 Å². The van der Waals surface area contributed by atoms with Gasteiger partial charge in [0, 0.05) is 36.7 Å². The molecule has 0 bridgehead atoms. The Labute approximate surface area is 113 Å². The molecule has 2 aromatic heterocycles. The number of nitrogens with zero attached hydrogens (tertiary/aromatic N) is 4. The fourth-order valence-electron chi connectivity index (χ4n) is 2.45. The van der Waals surface area contributed by atoms with Crippen LogP contribution in [0.3, 0.4) is 0 Å². The number of hydrogen-bond donors (Lipinski definition) is 0. The smallest absolute Gasteiger partial charge is 0.161 e. The predicted molar refractivity (Wildman–Crippen MR) is 76.4 cm³/mol. The zero-order chi connectivity index (χ0) is 13.6. The molecule has 0 aromatic carbocycles. The molecule has 0 atom stereocenters. The molecule has 2 aromatic rings. The minimum atomic E-state index is 0.783. The molecule has 0 N–H and O–H groups in total. The van der Waals surface area contributed by atoms with Gasteiger partial charge in [-0.3, -0.25) is 0 Å². The molecule has 4 nitrogen and oxygen atoms in total. The zero-order valence-corrected chi connectivity index (χ0v) is 11.9. The number of fused-ring (bicyclic) bond motifs is 1. The first-order chi connectivity index (χ1) is 9.06. The number of pyridine rings is 1. The van der Waals surface area contributed by atoms with E-state index < -0.39 is 0 Å². The summed E-state index contributed by atoms with van der Waals surface area (Å²) in [5.74, 6) is 1.87. The highest BCUT2D eigenvalue weighted by Crippen LogP contribution is 2.28. The van der Waals surface area contributed by atoms with Gasteiger partial charge < -0.3 is 4.90 Å². The minimum Gasteiger partial charge on any atom is -0.359 e. The summed E-state index contributed by atoms with van der Waals surface area (Å²) in [6.07, 6.45) is 2.93. The number of likely N-dealkylation sites (N-methyl/N-ethyl adjacent to an activating group) is 1. The van der Waals surface area contributed by atoms with Gasteiger partial charge in [0.1, 0.15) is 5.82 Å². The third-order valence-electron chi connectivity index (χ3n) is 3.91. The molecule has 3 rings (SSSR count). The van der Waals surface area contributed by atoms with E-state index in [1.807, 2.05) is 20.0 Å². The highest BCUT2D eigenvalue weighted by Gasteiger charge is 2.18. The van der Waals surface area contributed by atoms with Gasteiger partial charge in [-0.1, -0.05) is 0 Å². The topological polar surface area (TPSA) is 41.9 Å². The Bertz CT molecular complexity index is 626. The number of aryl methyl sites for hydroxylation is 2. The van der Waals surface area contributed by atoms with Crippen LogP contribution in [0.2, 0.25) is 0 Å². The van der Waals surface area contributed by atoms with Crippen LogP contribution in [-0.2, 0) is 6.42 Å². The van der Waals surface area contributed by atoms with Crippen LogP contribution in [0.1, 0.15) is 22.5 Å². The van der Waals surface area contributed by atoms with Gasteiger partial charge in [-0.25, -0.2) is 15.0 Å². The van der Waals surface area contributed by atoms with Gasteiger partial charge in [-0.2, -0.15) is 0 Å². The molecule has 3 heterocycles. The van der Waals surface area contributed by atoms with Gasteiger partial charge in [-0.15, -0.1) is 0 Å². The van der Waals surface area contributed by atoms with Crippen molar-refractivity contribution in [2.75, 3.05) is 18.5 Å². The van der Waals surface area contributed by atoms with E-state index in [1.165, 1.54) is 5.56 Å². The third kappa shape index (κ3) is 1.97. The monoisotopic (exact) mass is 254 g/mol. The molecule has 0 aliphatic carbocycles. The van der Waals surface area contributed by atoms with Crippen LogP contribution in [-0.4, -0.2) is 28.5 Å². The van der Waals surface area contributed by atoms with Crippen LogP contribution in [0, 0.1) is 20.8 Å². The third-order valence-corrected chi connectivity index (χ3v) is 3.91. The summed E-state index contributed by atoms with van der Waals surface area (Å²) in [4.78, 5) is 15.9. The lowest BCUT2D eigenvalue weighted by molar-refractivity contribution is 0.945. The summed E-state index contributed by atoms with van der Waals surface area (Å²) in [6.45, 7) is 7.16. The maximum atomic E-state index is 4.58. The van der Waals surface area contributed by atoms with Crippen LogP contribution in [0.25, 0.3) is 11.4 Å². The SMILES string of the molecule is Cc1nc(-c2cnc3c(c2)CCN3C)nc(C)c1C. The first-order valence-corrected chi connectivity index (χ1v) is 6.58. The van der Waals surface area contributed by atoms with E-state index in [4.69, 9.17) is 0 Å². The molecule has 0 fully saturated rings. The number of rotatable bonds is 1. The quantitative estimate of drug-likeness (QED) is 0.784. The van der Waals surface area contributed by atoms with Crippen LogP contribution in [0.15, 0.2) is 12.3 Å². The standard InChI is InChI=1S/C15H18N4/c1-9-10(2)17-14(18-11(9)3)13-7-12-5-6-19(4)15(12)16-8-13/h7-8H,5-6H2,1-4H3. The Hall–Kier alpha value is -1.97. The molecule has 1 aliphatic rings. The van der Waals surface area contributed by atoms with E-state index in [-0.39, 0.29) is 0 Å². The van der Waals surface area contributed by atoms with Crippen molar-refractivity contribution < 1.29 is 0 Å². The molecule has 1 aliphatic heterocycles. The molecule has 0 unspecified atom stereocenters. The minimum absolute atomic E-state index is 0.783. The van der Waals surface area contributed by atoms with Crippen molar-refractivity contribution >= 4 is 5.82 Å². The van der Waals surface area contributed by atoms with E-state index in [2.05, 4.69) is 39.9 Å². The van der Waals surface area contributed by atoms with Gasteiger partial charge in [0.15, 0.2) is 5.82 Å². The lowest BCUT2D eigenvalue weighted by Gasteiger charge is -2.11. The maximum Gasteiger partial charge on any atom is 0.161 e. The molecule has 0 radical (unpaired) electrons. The van der Waals surface area contributed by atoms with Gasteiger partial charge >= 0.3 is 0 Å². The summed E-state index contributed by atoms with van der Waals surface area (Å²) in [7, 11) is 2.08. The lowest BCUT2D eigenvalue weighted by Crippen LogP contribution is -2.13. The Balaban J connectivity index is 2.08. The van der Waals surface area contributed by atoms with Crippen LogP contribution in [0.5, 0.6) is 0 Å². The molecular formula is C15H18N4. The van der Waals surface area contributed by atoms with Crippen molar-refractivity contribution in [2.24, 2.45) is 0 Å². The summed E-state index contributed by atoms with van der Waals surface area (Å²) in [5.41, 5.74) is 5.55. The number of aromatic nitrogens is 3. The van der Waals surface area contributed by atoms with Crippen molar-refractivity contribution in [1.82, 2.24) is 15.0 Å². The Kier molecular flexibility index (Phi) is 2.73. The van der Waals surface area contributed by atoms with Gasteiger partial charge in [0.2, 0.25) is 0 Å². The van der Waals surface area contributed by atoms with E-state index in [0.717, 1.165) is 47.1 Å². The first kappa shape index (κ1) is 12.1. The summed E-state index contributed by atoms with van der Waals surface area (Å²) in [5, 5.41) is 0. The van der Waals surface area contributed by atoms with Crippen LogP contribution in [0.4, 0.5) is 5.82 Å². The molecule has 19 heavy (non-hydrogen) atoms. The fraction of sp³-hybridized carbons (Fsp3) is 0.400. The van der Waals surface area contributed by atoms with Crippen molar-refractivity contribution in [3.05, 3.63) is 34.8 Å². The Morgan fingerprint density at radius 3 is 2.47 bits per heavy atom. The van der Waals surface area contributed by atoms with Gasteiger partial charge in [0.05, 0.1) is 0 Å². The molecule has 0 spiro atoms. The molecule has 0 amide bonds. The van der Waals surface area contributed by atoms with E-state index in [1.54, 1.807) is 0 Å². The summed E-state index contributed by atoms with van der Waals surface area (Å²) >= 11 is 0. The number of anilines is 1. The van der Waals surface area contributed by atoms with Crippen molar-refractivity contribution in [3.63, 3.8) is 0 Å². The van der Waals surface area contributed by atoms with Gasteiger partial charge in [-0.05, 0) is 44.4 Å². The largest absolute Gasteiger partial charge is 0.359 e. The van der Waals surface area contributed by atoms with Crippen molar-refractivity contribution in [2.45, 2.75) is 27.2 Å². The highest BCUT2D eigenvalue weighted by molar-refractivity contribution is 5.62. The van der Waals surface area contributed by atoms with Crippen LogP contribution < -0.4 is 4.90 Å². The maximum absolute atomic E-state index is 4.58. The second-order valence-electron chi connectivity index (χ2n) is 5.22. The summed E-state index contributed by atoms with van der Waals surface area (Å²) in [6, 6.07) is 2.18. The van der Waals surface area contributed by atoms with E-state index >= 15 is 0 Å². The summed E-state index contributed by atoms with van der Waals surface area (Å²) < 4.78 is 0. The van der Waals surface area contributed by atoms with E-state index in [9.17, 15) is 0 Å². The molecule has 4 heteroatoms. The molecule has 98 valence electrons. The average molecular weight is 254 g/mol. The predicted octanol–water partition coefficient (Wildman–Crippen LogP) is 2.46. The Morgan fingerprint density at radius 1 is 1.11 bits per heavy atom. The zero-order valence-electron chi connectivity index (χ0n) is 11.9. The van der Waals surface area contributed by atoms with Crippen molar-refractivity contribution in [1.29, 1.82) is 0 Å². The fourth-order valence-corrected chi connectivity index (χ4v) is 2.45.